The van der Waals surface area contributed by atoms with Crippen LogP contribution >= 0.6 is 0 Å². The molecular weight excluding hydrogens is 250 g/mol. The smallest absolute Gasteiger partial charge is 0.129 e. The fourth-order valence-corrected chi connectivity index (χ4v) is 2.10. The van der Waals surface area contributed by atoms with Crippen LogP contribution in [0.1, 0.15) is 11.1 Å². The summed E-state index contributed by atoms with van der Waals surface area (Å²) < 4.78 is 5.88. The summed E-state index contributed by atoms with van der Waals surface area (Å²) >= 11 is 0. The Hall–Kier alpha value is -2.39. The summed E-state index contributed by atoms with van der Waals surface area (Å²) in [6.45, 7) is 0.565. The monoisotopic (exact) mass is 265 g/mol. The van der Waals surface area contributed by atoms with Crippen LogP contribution in [0.4, 0.5) is 0 Å². The second-order valence-electron chi connectivity index (χ2n) is 4.59. The molecule has 0 radical (unpaired) electrons. The Morgan fingerprint density at radius 3 is 2.50 bits per heavy atom. The molecule has 3 rings (SSSR count). The van der Waals surface area contributed by atoms with Crippen molar-refractivity contribution in [2.75, 3.05) is 0 Å². The Kier molecular flexibility index (Phi) is 3.61. The molecule has 3 heteroatoms. The van der Waals surface area contributed by atoms with Crippen molar-refractivity contribution >= 4 is 10.9 Å². The van der Waals surface area contributed by atoms with E-state index in [0.717, 1.165) is 27.8 Å². The number of fused-ring (bicyclic) bond motifs is 1. The van der Waals surface area contributed by atoms with Crippen LogP contribution in [0.3, 0.4) is 0 Å². The molecule has 0 spiro atoms. The fraction of sp³-hybridized carbons (Fsp3) is 0.118. The average molecular weight is 265 g/mol. The molecule has 20 heavy (non-hydrogen) atoms. The molecule has 0 bridgehead atoms. The third-order valence-electron chi connectivity index (χ3n) is 3.21. The van der Waals surface area contributed by atoms with Crippen molar-refractivity contribution in [1.82, 2.24) is 4.98 Å². The van der Waals surface area contributed by atoms with Gasteiger partial charge in [0, 0.05) is 11.6 Å². The van der Waals surface area contributed by atoms with Crippen molar-refractivity contribution in [2.24, 2.45) is 0 Å². The lowest BCUT2D eigenvalue weighted by Crippen LogP contribution is -1.96. The van der Waals surface area contributed by atoms with Gasteiger partial charge in [-0.25, -0.2) is 0 Å². The molecule has 3 nitrogen and oxygen atoms in total. The highest BCUT2D eigenvalue weighted by molar-refractivity contribution is 5.84. The molecule has 2 aromatic carbocycles. The molecule has 1 heterocycles. The topological polar surface area (TPSA) is 42.4 Å². The number of aliphatic hydroxyl groups excluding tert-OH is 1. The minimum atomic E-state index is 0.0656. The predicted octanol–water partition coefficient (Wildman–Crippen LogP) is 3.31. The van der Waals surface area contributed by atoms with Crippen molar-refractivity contribution in [1.29, 1.82) is 0 Å². The third-order valence-corrected chi connectivity index (χ3v) is 3.21. The van der Waals surface area contributed by atoms with Gasteiger partial charge in [0.1, 0.15) is 12.4 Å². The lowest BCUT2D eigenvalue weighted by Gasteiger charge is -2.09. The van der Waals surface area contributed by atoms with Crippen LogP contribution < -0.4 is 4.74 Å². The Morgan fingerprint density at radius 2 is 1.70 bits per heavy atom. The van der Waals surface area contributed by atoms with Gasteiger partial charge in [-0.05, 0) is 35.4 Å². The molecule has 0 saturated heterocycles. The summed E-state index contributed by atoms with van der Waals surface area (Å²) in [5, 5.41) is 10.0. The van der Waals surface area contributed by atoms with E-state index in [2.05, 4.69) is 4.98 Å². The first-order chi connectivity index (χ1) is 9.86. The van der Waals surface area contributed by atoms with Gasteiger partial charge in [0.15, 0.2) is 0 Å². The maximum Gasteiger partial charge on any atom is 0.129 e. The maximum atomic E-state index is 9.02. The van der Waals surface area contributed by atoms with E-state index in [1.54, 1.807) is 6.20 Å². The van der Waals surface area contributed by atoms with Crippen LogP contribution in [-0.2, 0) is 13.2 Å². The number of benzene rings is 2. The minimum absolute atomic E-state index is 0.0656. The number of aliphatic hydroxyl groups is 1. The van der Waals surface area contributed by atoms with Gasteiger partial charge in [0.25, 0.3) is 0 Å². The molecule has 0 fully saturated rings. The van der Waals surface area contributed by atoms with Gasteiger partial charge in [0.05, 0.1) is 12.1 Å². The number of rotatable bonds is 4. The summed E-state index contributed by atoms with van der Waals surface area (Å²) in [5.41, 5.74) is 2.91. The Labute approximate surface area is 117 Å². The van der Waals surface area contributed by atoms with Crippen molar-refractivity contribution in [3.8, 4) is 5.75 Å². The molecule has 0 aliphatic heterocycles. The first-order valence-corrected chi connectivity index (χ1v) is 6.52. The molecule has 3 aromatic rings. The van der Waals surface area contributed by atoms with Crippen molar-refractivity contribution < 1.29 is 9.84 Å². The highest BCUT2D eigenvalue weighted by atomic mass is 16.5. The highest BCUT2D eigenvalue weighted by Crippen LogP contribution is 2.24. The van der Waals surface area contributed by atoms with E-state index < -0.39 is 0 Å². The molecule has 0 aliphatic rings. The third kappa shape index (κ3) is 2.63. The highest BCUT2D eigenvalue weighted by Gasteiger charge is 2.02. The van der Waals surface area contributed by atoms with Crippen LogP contribution in [0.5, 0.6) is 5.75 Å². The summed E-state index contributed by atoms with van der Waals surface area (Å²) in [5.74, 6) is 0.835. The Bertz CT molecular complexity index is 702. The Morgan fingerprint density at radius 1 is 0.900 bits per heavy atom. The molecule has 0 aliphatic carbocycles. The van der Waals surface area contributed by atoms with Crippen LogP contribution in [0.2, 0.25) is 0 Å². The molecule has 0 atom stereocenters. The van der Waals surface area contributed by atoms with Gasteiger partial charge in [-0.1, -0.05) is 30.3 Å². The number of pyridine rings is 1. The zero-order valence-electron chi connectivity index (χ0n) is 11.0. The lowest BCUT2D eigenvalue weighted by atomic mass is 10.1. The standard InChI is InChI=1S/C17H15NO2/c19-11-13-6-8-14(9-7-13)12-20-17-5-1-4-16-15(17)3-2-10-18-16/h1-10,19H,11-12H2. The summed E-state index contributed by atoms with van der Waals surface area (Å²) in [4.78, 5) is 4.31. The molecule has 0 saturated carbocycles. The van der Waals surface area contributed by atoms with Gasteiger partial charge in [0.2, 0.25) is 0 Å². The van der Waals surface area contributed by atoms with Crippen molar-refractivity contribution in [3.63, 3.8) is 0 Å². The molecule has 1 aromatic heterocycles. The van der Waals surface area contributed by atoms with Crippen LogP contribution in [0, 0.1) is 0 Å². The average Bonchev–Trinajstić information content (AvgIpc) is 2.53. The number of hydrogen-bond donors (Lipinski definition) is 1. The first kappa shape index (κ1) is 12.6. The fourth-order valence-electron chi connectivity index (χ4n) is 2.10. The van der Waals surface area contributed by atoms with E-state index >= 15 is 0 Å². The lowest BCUT2D eigenvalue weighted by molar-refractivity contribution is 0.281. The zero-order valence-corrected chi connectivity index (χ0v) is 11.0. The quantitative estimate of drug-likeness (QED) is 0.787. The Balaban J connectivity index is 1.79. The molecule has 100 valence electrons. The number of hydrogen-bond acceptors (Lipinski definition) is 3. The normalized spacial score (nSPS) is 10.7. The van der Waals surface area contributed by atoms with Crippen LogP contribution in [0.25, 0.3) is 10.9 Å². The molecule has 0 amide bonds. The minimum Gasteiger partial charge on any atom is -0.488 e. The maximum absolute atomic E-state index is 9.02. The van der Waals surface area contributed by atoms with Gasteiger partial charge in [-0.3, -0.25) is 4.98 Å². The van der Waals surface area contributed by atoms with Crippen molar-refractivity contribution in [2.45, 2.75) is 13.2 Å². The van der Waals surface area contributed by atoms with E-state index in [0.29, 0.717) is 6.61 Å². The van der Waals surface area contributed by atoms with E-state index in [9.17, 15) is 0 Å². The molecule has 0 unspecified atom stereocenters. The van der Waals surface area contributed by atoms with Gasteiger partial charge < -0.3 is 9.84 Å². The van der Waals surface area contributed by atoms with E-state index in [1.165, 1.54) is 0 Å². The van der Waals surface area contributed by atoms with E-state index in [1.807, 2.05) is 54.6 Å². The second kappa shape index (κ2) is 5.72. The molecular formula is C17H15NO2. The summed E-state index contributed by atoms with van der Waals surface area (Å²) in [6.07, 6.45) is 1.78. The van der Waals surface area contributed by atoms with Crippen LogP contribution in [0.15, 0.2) is 60.8 Å². The van der Waals surface area contributed by atoms with Gasteiger partial charge in [-0.15, -0.1) is 0 Å². The number of ether oxygens (including phenoxy) is 1. The van der Waals surface area contributed by atoms with Gasteiger partial charge in [-0.2, -0.15) is 0 Å². The van der Waals surface area contributed by atoms with Crippen LogP contribution in [-0.4, -0.2) is 10.1 Å². The summed E-state index contributed by atoms with van der Waals surface area (Å²) in [6, 6.07) is 17.5. The summed E-state index contributed by atoms with van der Waals surface area (Å²) in [7, 11) is 0. The molecule has 1 N–H and O–H groups in total. The first-order valence-electron chi connectivity index (χ1n) is 6.52. The SMILES string of the molecule is OCc1ccc(COc2cccc3ncccc23)cc1. The number of nitrogens with zero attached hydrogens (tertiary/aromatic N) is 1. The van der Waals surface area contributed by atoms with E-state index in [4.69, 9.17) is 9.84 Å². The predicted molar refractivity (Wildman–Crippen MR) is 78.4 cm³/mol. The van der Waals surface area contributed by atoms with E-state index in [-0.39, 0.29) is 6.61 Å². The zero-order chi connectivity index (χ0) is 13.8. The second-order valence-corrected chi connectivity index (χ2v) is 4.59. The van der Waals surface area contributed by atoms with Gasteiger partial charge >= 0.3 is 0 Å². The largest absolute Gasteiger partial charge is 0.488 e. The van der Waals surface area contributed by atoms with Crippen molar-refractivity contribution in [3.05, 3.63) is 71.9 Å². The number of aromatic nitrogens is 1.